The Labute approximate surface area is 107 Å². The van der Waals surface area contributed by atoms with E-state index in [1.165, 1.54) is 4.90 Å². The van der Waals surface area contributed by atoms with Crippen molar-refractivity contribution in [3.63, 3.8) is 0 Å². The van der Waals surface area contributed by atoms with Gasteiger partial charge in [-0.15, -0.1) is 0 Å². The third kappa shape index (κ3) is 5.46. The topological polar surface area (TPSA) is 78.9 Å². The van der Waals surface area contributed by atoms with Crippen molar-refractivity contribution in [3.8, 4) is 0 Å². The van der Waals surface area contributed by atoms with Gasteiger partial charge in [0.15, 0.2) is 0 Å². The summed E-state index contributed by atoms with van der Waals surface area (Å²) in [4.78, 5) is 24.2. The first-order chi connectivity index (χ1) is 8.49. The summed E-state index contributed by atoms with van der Waals surface area (Å²) < 4.78 is 5.45. The number of morpholine rings is 1. The zero-order valence-corrected chi connectivity index (χ0v) is 11.0. The number of amides is 1. The molecule has 0 spiro atoms. The fraction of sp³-hybridized carbons (Fsp3) is 0.833. The van der Waals surface area contributed by atoms with Crippen molar-refractivity contribution in [2.24, 2.45) is 5.92 Å². The molecule has 1 unspecified atom stereocenters. The molecule has 1 aliphatic heterocycles. The maximum atomic E-state index is 12.0. The van der Waals surface area contributed by atoms with Crippen LogP contribution >= 0.6 is 0 Å². The van der Waals surface area contributed by atoms with Crippen LogP contribution in [0.2, 0.25) is 0 Å². The van der Waals surface area contributed by atoms with Crippen molar-refractivity contribution in [1.82, 2.24) is 10.2 Å². The summed E-state index contributed by atoms with van der Waals surface area (Å²) in [7, 11) is 0. The molecule has 1 amide bonds. The van der Waals surface area contributed by atoms with Gasteiger partial charge in [-0.3, -0.25) is 9.59 Å². The van der Waals surface area contributed by atoms with E-state index in [1.54, 1.807) is 0 Å². The van der Waals surface area contributed by atoms with Gasteiger partial charge in [-0.1, -0.05) is 13.8 Å². The molecule has 0 aliphatic carbocycles. The standard InChI is InChI=1S/C12H22N2O4/c1-9(2)7-14(8-12(16)17)11(15)5-10-6-13-3-4-18-10/h9-10,13H,3-8H2,1-2H3,(H,16,17). The van der Waals surface area contributed by atoms with E-state index in [9.17, 15) is 9.59 Å². The summed E-state index contributed by atoms with van der Waals surface area (Å²) >= 11 is 0. The molecule has 0 bridgehead atoms. The molecule has 1 atom stereocenters. The Morgan fingerprint density at radius 1 is 1.50 bits per heavy atom. The number of carbonyl (C=O) groups is 2. The predicted octanol–water partition coefficient (Wildman–Crippen LogP) is -0.0659. The Hall–Kier alpha value is -1.14. The number of ether oxygens (including phenoxy) is 1. The van der Waals surface area contributed by atoms with Gasteiger partial charge in [0.25, 0.3) is 0 Å². The molecule has 1 aliphatic rings. The minimum Gasteiger partial charge on any atom is -0.480 e. The molecule has 0 aromatic rings. The van der Waals surface area contributed by atoms with Gasteiger partial charge < -0.3 is 20.1 Å². The van der Waals surface area contributed by atoms with Crippen molar-refractivity contribution in [1.29, 1.82) is 0 Å². The van der Waals surface area contributed by atoms with Gasteiger partial charge in [-0.2, -0.15) is 0 Å². The average molecular weight is 258 g/mol. The second kappa shape index (κ2) is 7.33. The monoisotopic (exact) mass is 258 g/mol. The Kier molecular flexibility index (Phi) is 6.07. The lowest BCUT2D eigenvalue weighted by Crippen LogP contribution is -2.44. The van der Waals surface area contributed by atoms with Gasteiger partial charge in [0.2, 0.25) is 5.91 Å². The highest BCUT2D eigenvalue weighted by molar-refractivity contribution is 5.81. The van der Waals surface area contributed by atoms with Crippen molar-refractivity contribution in [2.75, 3.05) is 32.8 Å². The molecule has 1 heterocycles. The Morgan fingerprint density at radius 3 is 2.72 bits per heavy atom. The second-order valence-corrected chi connectivity index (χ2v) is 4.96. The molecular formula is C12H22N2O4. The summed E-state index contributed by atoms with van der Waals surface area (Å²) in [5.41, 5.74) is 0. The fourth-order valence-corrected chi connectivity index (χ4v) is 1.93. The van der Waals surface area contributed by atoms with E-state index in [4.69, 9.17) is 9.84 Å². The number of carboxylic acid groups (broad SMARTS) is 1. The van der Waals surface area contributed by atoms with Crippen LogP contribution in [0.3, 0.4) is 0 Å². The number of hydrogen-bond donors (Lipinski definition) is 2. The normalized spacial score (nSPS) is 19.8. The lowest BCUT2D eigenvalue weighted by molar-refractivity contribution is -0.146. The van der Waals surface area contributed by atoms with E-state index in [0.717, 1.165) is 6.54 Å². The smallest absolute Gasteiger partial charge is 0.323 e. The zero-order valence-electron chi connectivity index (χ0n) is 11.0. The Bertz CT molecular complexity index is 288. The molecule has 0 aromatic carbocycles. The third-order valence-corrected chi connectivity index (χ3v) is 2.67. The summed E-state index contributed by atoms with van der Waals surface area (Å²) in [6.07, 6.45) is 0.0993. The van der Waals surface area contributed by atoms with Crippen LogP contribution in [0.1, 0.15) is 20.3 Å². The maximum Gasteiger partial charge on any atom is 0.323 e. The first kappa shape index (κ1) is 14.9. The molecule has 1 saturated heterocycles. The quantitative estimate of drug-likeness (QED) is 0.697. The molecule has 2 N–H and O–H groups in total. The number of nitrogens with zero attached hydrogens (tertiary/aromatic N) is 1. The molecule has 6 nitrogen and oxygen atoms in total. The van der Waals surface area contributed by atoms with Crippen LogP contribution in [0, 0.1) is 5.92 Å². The zero-order chi connectivity index (χ0) is 13.5. The Morgan fingerprint density at radius 2 is 2.22 bits per heavy atom. The van der Waals surface area contributed by atoms with E-state index in [0.29, 0.717) is 19.7 Å². The number of carboxylic acids is 1. The van der Waals surface area contributed by atoms with Gasteiger partial charge in [0, 0.05) is 19.6 Å². The number of carbonyl (C=O) groups excluding carboxylic acids is 1. The van der Waals surface area contributed by atoms with E-state index in [2.05, 4.69) is 5.32 Å². The van der Waals surface area contributed by atoms with Crippen LogP contribution in [-0.4, -0.2) is 60.8 Å². The minimum absolute atomic E-state index is 0.144. The van der Waals surface area contributed by atoms with Crippen LogP contribution in [0.5, 0.6) is 0 Å². The summed E-state index contributed by atoms with van der Waals surface area (Å²) in [6.45, 7) is 6.19. The predicted molar refractivity (Wildman–Crippen MR) is 66.3 cm³/mol. The fourth-order valence-electron chi connectivity index (χ4n) is 1.93. The molecule has 1 rings (SSSR count). The minimum atomic E-state index is -0.980. The molecule has 104 valence electrons. The van der Waals surface area contributed by atoms with E-state index >= 15 is 0 Å². The Balaban J connectivity index is 2.48. The van der Waals surface area contributed by atoms with Crippen molar-refractivity contribution < 1.29 is 19.4 Å². The average Bonchev–Trinajstić information content (AvgIpc) is 2.28. The van der Waals surface area contributed by atoms with Gasteiger partial charge in [0.05, 0.1) is 19.1 Å². The van der Waals surface area contributed by atoms with Crippen molar-refractivity contribution >= 4 is 11.9 Å². The first-order valence-corrected chi connectivity index (χ1v) is 6.31. The SMILES string of the molecule is CC(C)CN(CC(=O)O)C(=O)CC1CNCCO1. The lowest BCUT2D eigenvalue weighted by Gasteiger charge is -2.27. The van der Waals surface area contributed by atoms with E-state index < -0.39 is 5.97 Å². The van der Waals surface area contributed by atoms with Crippen LogP contribution in [-0.2, 0) is 14.3 Å². The second-order valence-electron chi connectivity index (χ2n) is 4.96. The van der Waals surface area contributed by atoms with Crippen LogP contribution in [0.25, 0.3) is 0 Å². The lowest BCUT2D eigenvalue weighted by atomic mass is 10.1. The molecular weight excluding hydrogens is 236 g/mol. The number of nitrogens with one attached hydrogen (secondary N) is 1. The third-order valence-electron chi connectivity index (χ3n) is 2.67. The highest BCUT2D eigenvalue weighted by Crippen LogP contribution is 2.07. The summed E-state index contributed by atoms with van der Waals surface area (Å²) in [6, 6.07) is 0. The summed E-state index contributed by atoms with van der Waals surface area (Å²) in [5.74, 6) is -0.884. The van der Waals surface area contributed by atoms with E-state index in [-0.39, 0.29) is 30.9 Å². The number of hydrogen-bond acceptors (Lipinski definition) is 4. The van der Waals surface area contributed by atoms with Gasteiger partial charge in [0.1, 0.15) is 6.54 Å². The largest absolute Gasteiger partial charge is 0.480 e. The molecule has 0 saturated carbocycles. The molecule has 6 heteroatoms. The van der Waals surface area contributed by atoms with Crippen LogP contribution < -0.4 is 5.32 Å². The highest BCUT2D eigenvalue weighted by atomic mass is 16.5. The first-order valence-electron chi connectivity index (χ1n) is 6.31. The number of rotatable bonds is 6. The molecule has 0 aromatic heterocycles. The van der Waals surface area contributed by atoms with Gasteiger partial charge >= 0.3 is 5.97 Å². The van der Waals surface area contributed by atoms with Crippen molar-refractivity contribution in [3.05, 3.63) is 0 Å². The maximum absolute atomic E-state index is 12.0. The van der Waals surface area contributed by atoms with Gasteiger partial charge in [-0.05, 0) is 5.92 Å². The molecule has 1 fully saturated rings. The number of aliphatic carboxylic acids is 1. The van der Waals surface area contributed by atoms with Crippen molar-refractivity contribution in [2.45, 2.75) is 26.4 Å². The highest BCUT2D eigenvalue weighted by Gasteiger charge is 2.23. The molecule has 0 radical (unpaired) electrons. The van der Waals surface area contributed by atoms with Gasteiger partial charge in [-0.25, -0.2) is 0 Å². The van der Waals surface area contributed by atoms with Crippen LogP contribution in [0.15, 0.2) is 0 Å². The molecule has 18 heavy (non-hydrogen) atoms. The van der Waals surface area contributed by atoms with E-state index in [1.807, 2.05) is 13.8 Å². The van der Waals surface area contributed by atoms with Crippen LogP contribution in [0.4, 0.5) is 0 Å². The summed E-state index contributed by atoms with van der Waals surface area (Å²) in [5, 5.41) is 12.0.